The van der Waals surface area contributed by atoms with E-state index in [0.717, 1.165) is 10.8 Å². The Morgan fingerprint density at radius 2 is 2.00 bits per heavy atom. The molecule has 1 aliphatic rings. The lowest BCUT2D eigenvalue weighted by atomic mass is 10.2. The molecule has 2 unspecified atom stereocenters. The van der Waals surface area contributed by atoms with Crippen LogP contribution in [0.4, 0.5) is 4.79 Å². The molecule has 1 aromatic rings. The number of carboxylic acid groups (broad SMARTS) is 1. The number of carbonyl (C=O) groups excluding carboxylic acids is 2. The second-order valence-electron chi connectivity index (χ2n) is 7.09. The van der Waals surface area contributed by atoms with Crippen molar-refractivity contribution in [3.63, 3.8) is 0 Å². The molecule has 1 aliphatic heterocycles. The third-order valence-corrected chi connectivity index (χ3v) is 4.41. The van der Waals surface area contributed by atoms with Crippen molar-refractivity contribution in [2.24, 2.45) is 0 Å². The van der Waals surface area contributed by atoms with Gasteiger partial charge in [0.15, 0.2) is 6.54 Å². The maximum Gasteiger partial charge on any atom is 0.407 e. The minimum Gasteiger partial charge on any atom is -0.477 e. The number of alkyl carbamates (subject to hydrolysis) is 1. The van der Waals surface area contributed by atoms with Crippen LogP contribution in [0.15, 0.2) is 20.3 Å². The average Bonchev–Trinajstić information content (AvgIpc) is 3.03. The molecule has 0 spiro atoms. The molecule has 0 saturated carbocycles. The predicted molar refractivity (Wildman–Crippen MR) is 94.9 cm³/mol. The van der Waals surface area contributed by atoms with Crippen molar-refractivity contribution < 1.29 is 28.7 Å². The number of nitrogens with zero attached hydrogens (tertiary/aromatic N) is 2. The number of rotatable bonds is 6. The molecule has 1 aromatic heterocycles. The van der Waals surface area contributed by atoms with Crippen LogP contribution in [0.1, 0.15) is 26.9 Å². The van der Waals surface area contributed by atoms with Gasteiger partial charge in [0, 0.05) is 6.20 Å². The Bertz CT molecular complexity index is 901. The quantitative estimate of drug-likeness (QED) is 0.402. The van der Waals surface area contributed by atoms with Crippen LogP contribution in [0.2, 0.25) is 0 Å². The van der Waals surface area contributed by atoms with Crippen molar-refractivity contribution >= 4 is 33.9 Å². The minimum atomic E-state index is -1.24. The molecule has 11 nitrogen and oxygen atoms in total. The zero-order valence-corrected chi connectivity index (χ0v) is 16.5. The number of aromatic nitrogens is 2. The van der Waals surface area contributed by atoms with Crippen LogP contribution >= 0.6 is 15.9 Å². The molecule has 0 aliphatic carbocycles. The van der Waals surface area contributed by atoms with Crippen molar-refractivity contribution in [3.05, 3.63) is 31.5 Å². The number of aromatic amines is 1. The predicted octanol–water partition coefficient (Wildman–Crippen LogP) is -0.236. The molecular formula is C15H20BrN4O7+. The van der Waals surface area contributed by atoms with E-state index in [4.69, 9.17) is 9.84 Å². The Hall–Kier alpha value is -2.47. The third-order valence-electron chi connectivity index (χ3n) is 3.84. The summed E-state index contributed by atoms with van der Waals surface area (Å²) in [6.07, 6.45) is -0.652. The van der Waals surface area contributed by atoms with Crippen LogP contribution in [0.25, 0.3) is 0 Å². The highest BCUT2D eigenvalue weighted by Gasteiger charge is 2.70. The summed E-state index contributed by atoms with van der Waals surface area (Å²) in [6, 6.07) is 0. The number of carboxylic acids is 1. The van der Waals surface area contributed by atoms with Crippen LogP contribution in [-0.4, -0.2) is 62.3 Å². The number of aliphatic carboxylic acids is 1. The van der Waals surface area contributed by atoms with Gasteiger partial charge in [-0.25, -0.2) is 28.2 Å². The van der Waals surface area contributed by atoms with Gasteiger partial charge < -0.3 is 15.2 Å². The van der Waals surface area contributed by atoms with Gasteiger partial charge in [0.1, 0.15) is 12.1 Å². The summed E-state index contributed by atoms with van der Waals surface area (Å²) in [5.74, 6) is -1.75. The first-order valence-electron chi connectivity index (χ1n) is 7.98. The molecule has 1 fully saturated rings. The fraction of sp³-hybridized carbons (Fsp3) is 0.533. The number of ether oxygens (including phenoxy) is 1. The van der Waals surface area contributed by atoms with Crippen LogP contribution in [-0.2, 0) is 14.3 Å². The van der Waals surface area contributed by atoms with Gasteiger partial charge in [-0.05, 0) is 36.7 Å². The number of amides is 2. The van der Waals surface area contributed by atoms with Crippen molar-refractivity contribution in [2.45, 2.75) is 32.5 Å². The second-order valence-corrected chi connectivity index (χ2v) is 7.95. The second kappa shape index (κ2) is 7.27. The monoisotopic (exact) mass is 447 g/mol. The molecule has 3 N–H and O–H groups in total. The van der Waals surface area contributed by atoms with E-state index in [9.17, 15) is 24.0 Å². The van der Waals surface area contributed by atoms with E-state index in [-0.39, 0.29) is 17.6 Å². The molecule has 27 heavy (non-hydrogen) atoms. The molecule has 1 saturated heterocycles. The fourth-order valence-corrected chi connectivity index (χ4v) is 3.03. The van der Waals surface area contributed by atoms with Crippen molar-refractivity contribution in [1.82, 2.24) is 14.9 Å². The summed E-state index contributed by atoms with van der Waals surface area (Å²) >= 11 is 2.97. The zero-order chi connectivity index (χ0) is 20.6. The number of halogens is 1. The molecule has 2 heterocycles. The number of H-pyrrole nitrogens is 1. The Labute approximate surface area is 161 Å². The zero-order valence-electron chi connectivity index (χ0n) is 14.9. The first-order chi connectivity index (χ1) is 12.4. The van der Waals surface area contributed by atoms with Crippen LogP contribution in [0.5, 0.6) is 0 Å². The Kier molecular flexibility index (Phi) is 5.61. The fourth-order valence-electron chi connectivity index (χ4n) is 2.71. The summed E-state index contributed by atoms with van der Waals surface area (Å²) in [6.45, 7) is 4.41. The third kappa shape index (κ3) is 4.63. The maximum absolute atomic E-state index is 12.4. The van der Waals surface area contributed by atoms with Crippen molar-refractivity contribution in [2.75, 3.05) is 19.6 Å². The van der Waals surface area contributed by atoms with E-state index < -0.39 is 52.0 Å². The summed E-state index contributed by atoms with van der Waals surface area (Å²) in [5, 5.41) is 11.6. The van der Waals surface area contributed by atoms with Crippen LogP contribution < -0.4 is 16.6 Å². The lowest BCUT2D eigenvalue weighted by Gasteiger charge is -2.20. The molecule has 2 atom stereocenters. The lowest BCUT2D eigenvalue weighted by Crippen LogP contribution is -2.43. The van der Waals surface area contributed by atoms with E-state index in [2.05, 4.69) is 21.2 Å². The standard InChI is InChI=1S/C15H19BrN4O7/c1-15(2,3)27-14(26)17-4-5-20(7-9(21)22)11(12(20)24)19-6-8(16)10(23)18-13(19)25/h6,11H,4-5,7H2,1-3H3,(H2-,17,18,21,22,23,25,26)/p+1. The highest BCUT2D eigenvalue weighted by atomic mass is 79.9. The normalized spacial score (nSPS) is 21.6. The maximum atomic E-state index is 12.4. The number of carbonyl (C=O) groups is 3. The topological polar surface area (TPSA) is 148 Å². The van der Waals surface area contributed by atoms with Gasteiger partial charge in [-0.1, -0.05) is 0 Å². The van der Waals surface area contributed by atoms with E-state index >= 15 is 0 Å². The highest BCUT2D eigenvalue weighted by Crippen LogP contribution is 2.41. The number of quaternary nitrogens is 1. The van der Waals surface area contributed by atoms with Gasteiger partial charge in [0.05, 0.1) is 11.0 Å². The highest BCUT2D eigenvalue weighted by molar-refractivity contribution is 9.10. The Morgan fingerprint density at radius 1 is 1.37 bits per heavy atom. The van der Waals surface area contributed by atoms with Crippen molar-refractivity contribution in [1.29, 1.82) is 0 Å². The minimum absolute atomic E-state index is 0.0297. The van der Waals surface area contributed by atoms with Gasteiger partial charge >= 0.3 is 23.7 Å². The lowest BCUT2D eigenvalue weighted by molar-refractivity contribution is -0.779. The Morgan fingerprint density at radius 3 is 2.56 bits per heavy atom. The first-order valence-corrected chi connectivity index (χ1v) is 8.77. The first kappa shape index (κ1) is 20.8. The molecule has 2 amide bonds. The van der Waals surface area contributed by atoms with Gasteiger partial charge in [0.25, 0.3) is 11.7 Å². The Balaban J connectivity index is 2.19. The van der Waals surface area contributed by atoms with Gasteiger partial charge in [0.2, 0.25) is 0 Å². The van der Waals surface area contributed by atoms with E-state index in [0.29, 0.717) is 0 Å². The molecule has 2 rings (SSSR count). The molecule has 12 heteroatoms. The van der Waals surface area contributed by atoms with Crippen molar-refractivity contribution in [3.8, 4) is 0 Å². The van der Waals surface area contributed by atoms with Gasteiger partial charge in [-0.15, -0.1) is 0 Å². The van der Waals surface area contributed by atoms with Gasteiger partial charge in [-0.2, -0.15) is 0 Å². The van der Waals surface area contributed by atoms with E-state index in [1.54, 1.807) is 20.8 Å². The summed E-state index contributed by atoms with van der Waals surface area (Å²) in [7, 11) is 0. The SMILES string of the molecule is CC(C)(C)OC(=O)NCC[N+]1(CC(=O)O)C(=O)C1n1cc(Br)c(=O)[nH]c1=O. The van der Waals surface area contributed by atoms with Crippen LogP contribution in [0.3, 0.4) is 0 Å². The number of nitrogens with one attached hydrogen (secondary N) is 2. The summed E-state index contributed by atoms with van der Waals surface area (Å²) < 4.78 is 5.52. The van der Waals surface area contributed by atoms with E-state index in [1.165, 1.54) is 0 Å². The van der Waals surface area contributed by atoms with Gasteiger partial charge in [-0.3, -0.25) is 9.78 Å². The average molecular weight is 448 g/mol. The molecule has 148 valence electrons. The molecule has 0 radical (unpaired) electrons. The molecular weight excluding hydrogens is 428 g/mol. The molecule has 0 aromatic carbocycles. The largest absolute Gasteiger partial charge is 0.477 e. The smallest absolute Gasteiger partial charge is 0.407 e. The summed E-state index contributed by atoms with van der Waals surface area (Å²) in [5.41, 5.74) is -2.19. The van der Waals surface area contributed by atoms with Crippen LogP contribution in [0, 0.1) is 0 Å². The summed E-state index contributed by atoms with van der Waals surface area (Å²) in [4.78, 5) is 60.9. The van der Waals surface area contributed by atoms with E-state index in [1.807, 2.05) is 4.98 Å². The number of hydrogen-bond donors (Lipinski definition) is 3. The molecule has 0 bridgehead atoms. The number of hydrogen-bond acceptors (Lipinski definition) is 6.